The molecule has 0 aromatic heterocycles. The molecule has 3 rings (SSSR count). The van der Waals surface area contributed by atoms with E-state index < -0.39 is 0 Å². The van der Waals surface area contributed by atoms with Gasteiger partial charge in [0.2, 0.25) is 0 Å². The third-order valence-corrected chi connectivity index (χ3v) is 6.28. The largest absolute Gasteiger partial charge is 0.469 e. The molecule has 0 aromatic rings. The number of Topliss-reactive ketones (excluding diaryl/α,β-unsaturated/α-hetero) is 1. The average molecular weight is 262 g/mol. The van der Waals surface area contributed by atoms with Crippen LogP contribution in [0, 0.1) is 28.6 Å². The molecule has 104 valence electrons. The Kier molecular flexibility index (Phi) is 2.52. The van der Waals surface area contributed by atoms with Crippen molar-refractivity contribution in [1.82, 2.24) is 0 Å². The summed E-state index contributed by atoms with van der Waals surface area (Å²) in [6, 6.07) is 0. The third-order valence-electron chi connectivity index (χ3n) is 6.28. The van der Waals surface area contributed by atoms with Crippen LogP contribution in [0.5, 0.6) is 0 Å². The fourth-order valence-corrected chi connectivity index (χ4v) is 5.80. The molecule has 0 unspecified atom stereocenters. The predicted octanol–water partition coefficient (Wildman–Crippen LogP) is 2.75. The van der Waals surface area contributed by atoms with Crippen molar-refractivity contribution in [2.45, 2.75) is 39.5 Å². The lowest BCUT2D eigenvalue weighted by molar-refractivity contribution is -0.153. The third kappa shape index (κ3) is 1.29. The van der Waals surface area contributed by atoms with E-state index in [0.717, 1.165) is 18.4 Å². The van der Waals surface area contributed by atoms with Gasteiger partial charge >= 0.3 is 5.97 Å². The molecule has 0 amide bonds. The highest BCUT2D eigenvalue weighted by Crippen LogP contribution is 2.75. The molecule has 3 heteroatoms. The number of esters is 1. The zero-order chi connectivity index (χ0) is 14.0. The smallest absolute Gasteiger partial charge is 0.309 e. The molecule has 3 aliphatic rings. The molecule has 3 nitrogen and oxygen atoms in total. The summed E-state index contributed by atoms with van der Waals surface area (Å²) in [7, 11) is 1.46. The number of allylic oxidation sites excluding steroid dienone is 1. The summed E-state index contributed by atoms with van der Waals surface area (Å²) in [6.07, 6.45) is 3.26. The molecule has 0 saturated heterocycles. The molecule has 0 N–H and O–H groups in total. The van der Waals surface area contributed by atoms with Gasteiger partial charge in [0.15, 0.2) is 0 Å². The van der Waals surface area contributed by atoms with Crippen molar-refractivity contribution in [2.75, 3.05) is 7.11 Å². The van der Waals surface area contributed by atoms with Gasteiger partial charge in [-0.1, -0.05) is 19.1 Å². The van der Waals surface area contributed by atoms with E-state index >= 15 is 0 Å². The molecule has 3 aliphatic carbocycles. The van der Waals surface area contributed by atoms with E-state index in [2.05, 4.69) is 13.5 Å². The number of methoxy groups -OCH3 is 1. The van der Waals surface area contributed by atoms with Gasteiger partial charge in [-0.05, 0) is 37.0 Å². The molecular formula is C16H22O3. The quantitative estimate of drug-likeness (QED) is 0.567. The highest BCUT2D eigenvalue weighted by atomic mass is 16.5. The number of carbonyl (C=O) groups is 2. The summed E-state index contributed by atoms with van der Waals surface area (Å²) in [6.45, 7) is 8.32. The van der Waals surface area contributed by atoms with Gasteiger partial charge in [0.25, 0.3) is 0 Å². The van der Waals surface area contributed by atoms with E-state index in [-0.39, 0.29) is 28.6 Å². The van der Waals surface area contributed by atoms with Crippen molar-refractivity contribution in [3.8, 4) is 0 Å². The van der Waals surface area contributed by atoms with E-state index in [1.807, 2.05) is 6.92 Å². The maximum absolute atomic E-state index is 12.3. The number of hydrogen-bond donors (Lipinski definition) is 0. The monoisotopic (exact) mass is 262 g/mol. The molecule has 0 heterocycles. The first-order valence-corrected chi connectivity index (χ1v) is 7.13. The zero-order valence-corrected chi connectivity index (χ0v) is 12.0. The predicted molar refractivity (Wildman–Crippen MR) is 71.3 cm³/mol. The lowest BCUT2D eigenvalue weighted by Gasteiger charge is -2.44. The van der Waals surface area contributed by atoms with Crippen molar-refractivity contribution in [1.29, 1.82) is 0 Å². The van der Waals surface area contributed by atoms with Crippen LogP contribution in [-0.4, -0.2) is 18.9 Å². The normalized spacial score (nSPS) is 47.3. The summed E-state index contributed by atoms with van der Waals surface area (Å²) in [5.41, 5.74) is 0.735. The van der Waals surface area contributed by atoms with E-state index in [9.17, 15) is 9.59 Å². The molecule has 3 fully saturated rings. The Balaban J connectivity index is 2.16. The van der Waals surface area contributed by atoms with E-state index in [1.54, 1.807) is 0 Å². The number of rotatable bonds is 2. The molecular weight excluding hydrogens is 240 g/mol. The van der Waals surface area contributed by atoms with Crippen LogP contribution in [0.1, 0.15) is 39.5 Å². The van der Waals surface area contributed by atoms with Crippen LogP contribution in [0.2, 0.25) is 0 Å². The van der Waals surface area contributed by atoms with Crippen LogP contribution in [0.15, 0.2) is 12.2 Å². The molecule has 5 atom stereocenters. The first kappa shape index (κ1) is 12.9. The lowest BCUT2D eigenvalue weighted by Crippen LogP contribution is -2.43. The minimum absolute atomic E-state index is 0.126. The molecule has 3 saturated carbocycles. The van der Waals surface area contributed by atoms with Crippen molar-refractivity contribution >= 4 is 11.8 Å². The van der Waals surface area contributed by atoms with Gasteiger partial charge in [0.05, 0.1) is 13.0 Å². The van der Waals surface area contributed by atoms with Crippen molar-refractivity contribution < 1.29 is 14.3 Å². The summed E-state index contributed by atoms with van der Waals surface area (Å²) in [4.78, 5) is 24.5. The Morgan fingerprint density at radius 3 is 2.63 bits per heavy atom. The van der Waals surface area contributed by atoms with Crippen LogP contribution in [-0.2, 0) is 14.3 Å². The average Bonchev–Trinajstić information content (AvgIpc) is 2.75. The fourth-order valence-electron chi connectivity index (χ4n) is 5.80. The van der Waals surface area contributed by atoms with Crippen molar-refractivity contribution in [2.24, 2.45) is 28.6 Å². The Morgan fingerprint density at radius 2 is 2.05 bits per heavy atom. The van der Waals surface area contributed by atoms with Crippen molar-refractivity contribution in [3.05, 3.63) is 12.2 Å². The van der Waals surface area contributed by atoms with E-state index in [4.69, 9.17) is 4.74 Å². The highest BCUT2D eigenvalue weighted by Gasteiger charge is 2.73. The molecule has 19 heavy (non-hydrogen) atoms. The van der Waals surface area contributed by atoms with Crippen LogP contribution in [0.4, 0.5) is 0 Å². The maximum Gasteiger partial charge on any atom is 0.309 e. The summed E-state index contributed by atoms with van der Waals surface area (Å²) in [5, 5.41) is 0. The second kappa shape index (κ2) is 3.71. The zero-order valence-electron chi connectivity index (χ0n) is 12.0. The second-order valence-electron chi connectivity index (χ2n) is 6.96. The van der Waals surface area contributed by atoms with Gasteiger partial charge in [-0.2, -0.15) is 0 Å². The molecule has 0 radical (unpaired) electrons. The highest BCUT2D eigenvalue weighted by molar-refractivity contribution is 5.86. The number of ketones is 1. The molecule has 4 bridgehead atoms. The van der Waals surface area contributed by atoms with Gasteiger partial charge in [0.1, 0.15) is 5.78 Å². The van der Waals surface area contributed by atoms with E-state index in [1.165, 1.54) is 7.11 Å². The van der Waals surface area contributed by atoms with Crippen LogP contribution in [0.25, 0.3) is 0 Å². The second-order valence-corrected chi connectivity index (χ2v) is 6.96. The molecule has 0 aliphatic heterocycles. The molecule has 0 spiro atoms. The summed E-state index contributed by atoms with van der Waals surface area (Å²) < 4.78 is 5.04. The number of ether oxygens (including phenoxy) is 1. The lowest BCUT2D eigenvalue weighted by atomic mass is 9.58. The van der Waals surface area contributed by atoms with Gasteiger partial charge in [-0.25, -0.2) is 0 Å². The first-order chi connectivity index (χ1) is 8.87. The van der Waals surface area contributed by atoms with Crippen LogP contribution < -0.4 is 0 Å². The minimum Gasteiger partial charge on any atom is -0.469 e. The summed E-state index contributed by atoms with van der Waals surface area (Å²) in [5.74, 6) is 0.706. The van der Waals surface area contributed by atoms with Gasteiger partial charge < -0.3 is 4.74 Å². The van der Waals surface area contributed by atoms with Gasteiger partial charge in [0, 0.05) is 18.3 Å². The Hall–Kier alpha value is -1.12. The van der Waals surface area contributed by atoms with Gasteiger partial charge in [-0.3, -0.25) is 9.59 Å². The summed E-state index contributed by atoms with van der Waals surface area (Å²) >= 11 is 0. The maximum atomic E-state index is 12.3. The Bertz CT molecular complexity index is 480. The SMILES string of the molecule is C=C(C)[C@]12CC(=O)C[C@]3(C)[C@@H](C(=O)OC)[C@H]1CC[C@@H]32. The van der Waals surface area contributed by atoms with Gasteiger partial charge in [-0.15, -0.1) is 0 Å². The Labute approximate surface area is 114 Å². The van der Waals surface area contributed by atoms with Crippen LogP contribution >= 0.6 is 0 Å². The van der Waals surface area contributed by atoms with E-state index in [0.29, 0.717) is 24.5 Å². The Morgan fingerprint density at radius 1 is 1.37 bits per heavy atom. The number of hydrogen-bond acceptors (Lipinski definition) is 3. The van der Waals surface area contributed by atoms with Crippen LogP contribution in [0.3, 0.4) is 0 Å². The molecule has 0 aromatic carbocycles. The standard InChI is InChI=1S/C16H22O3/c1-9(2)16-8-10(17)7-15(3)12(16)6-5-11(16)13(15)14(18)19-4/h11-13H,1,5-8H2,2-4H3/t11-,12+,13-,15+,16-/m1/s1. The topological polar surface area (TPSA) is 43.4 Å². The minimum atomic E-state index is -0.218. The number of carbonyl (C=O) groups excluding carboxylic acids is 2. The fraction of sp³-hybridized carbons (Fsp3) is 0.750. The first-order valence-electron chi connectivity index (χ1n) is 7.13. The van der Waals surface area contributed by atoms with Crippen molar-refractivity contribution in [3.63, 3.8) is 0 Å².